The van der Waals surface area contributed by atoms with Gasteiger partial charge in [0.2, 0.25) is 0 Å². The van der Waals surface area contributed by atoms with Gasteiger partial charge in [0.05, 0.1) is 11.1 Å². The third-order valence-electron chi connectivity index (χ3n) is 3.23. The van der Waals surface area contributed by atoms with Crippen molar-refractivity contribution in [1.29, 1.82) is 0 Å². The van der Waals surface area contributed by atoms with Crippen molar-refractivity contribution in [2.45, 2.75) is 12.2 Å². The monoisotopic (exact) mass is 330 g/mol. The van der Waals surface area contributed by atoms with Gasteiger partial charge in [0.1, 0.15) is 25.4 Å². The molecular formula is C18H18O6. The lowest BCUT2D eigenvalue weighted by atomic mass is 10.2. The zero-order chi connectivity index (χ0) is 17.4. The first-order chi connectivity index (χ1) is 11.6. The molecule has 0 aromatic heterocycles. The van der Waals surface area contributed by atoms with Gasteiger partial charge in [-0.2, -0.15) is 0 Å². The largest absolute Gasteiger partial charge is 0.459 e. The summed E-state index contributed by atoms with van der Waals surface area (Å²) in [6.07, 6.45) is -2.72. The summed E-state index contributed by atoms with van der Waals surface area (Å²) in [5, 5.41) is 19.6. The van der Waals surface area contributed by atoms with Gasteiger partial charge in [-0.25, -0.2) is 9.59 Å². The number of carbonyl (C=O) groups is 2. The molecule has 126 valence electrons. The molecule has 2 rings (SSSR count). The van der Waals surface area contributed by atoms with Crippen LogP contribution in [-0.4, -0.2) is 47.6 Å². The topological polar surface area (TPSA) is 93.1 Å². The molecule has 0 saturated heterocycles. The average molecular weight is 330 g/mol. The van der Waals surface area contributed by atoms with E-state index in [4.69, 9.17) is 9.47 Å². The van der Waals surface area contributed by atoms with Gasteiger partial charge in [-0.05, 0) is 24.3 Å². The van der Waals surface area contributed by atoms with Crippen molar-refractivity contribution in [2.75, 3.05) is 13.2 Å². The van der Waals surface area contributed by atoms with Crippen LogP contribution in [0.4, 0.5) is 0 Å². The maximum atomic E-state index is 11.7. The highest BCUT2D eigenvalue weighted by atomic mass is 16.6. The molecule has 0 amide bonds. The second kappa shape index (κ2) is 8.81. The number of hydrogen-bond acceptors (Lipinski definition) is 6. The van der Waals surface area contributed by atoms with Gasteiger partial charge >= 0.3 is 11.9 Å². The van der Waals surface area contributed by atoms with Crippen LogP contribution in [0.1, 0.15) is 20.7 Å². The number of hydrogen-bond donors (Lipinski definition) is 2. The SMILES string of the molecule is O=C(OC[C@H](O)[C@@H](O)COC(=O)c1ccccc1)c1ccccc1. The number of ether oxygens (including phenoxy) is 2. The normalized spacial score (nSPS) is 12.9. The summed E-state index contributed by atoms with van der Waals surface area (Å²) in [4.78, 5) is 23.4. The Bertz CT molecular complexity index is 596. The van der Waals surface area contributed by atoms with Crippen molar-refractivity contribution in [3.05, 3.63) is 71.8 Å². The molecule has 24 heavy (non-hydrogen) atoms. The fraction of sp³-hybridized carbons (Fsp3) is 0.222. The summed E-state index contributed by atoms with van der Waals surface area (Å²) >= 11 is 0. The second-order valence-corrected chi connectivity index (χ2v) is 5.06. The first kappa shape index (κ1) is 17.7. The molecule has 2 aromatic rings. The van der Waals surface area contributed by atoms with Crippen molar-refractivity contribution in [1.82, 2.24) is 0 Å². The van der Waals surface area contributed by atoms with E-state index < -0.39 is 37.4 Å². The Kier molecular flexibility index (Phi) is 6.48. The van der Waals surface area contributed by atoms with Crippen molar-refractivity contribution in [2.24, 2.45) is 0 Å². The molecule has 0 aliphatic rings. The molecule has 2 aromatic carbocycles. The van der Waals surface area contributed by atoms with Crippen LogP contribution < -0.4 is 0 Å². The third kappa shape index (κ3) is 5.19. The molecule has 0 bridgehead atoms. The Hall–Kier alpha value is -2.70. The van der Waals surface area contributed by atoms with Gasteiger partial charge in [-0.1, -0.05) is 36.4 Å². The second-order valence-electron chi connectivity index (χ2n) is 5.06. The number of carbonyl (C=O) groups excluding carboxylic acids is 2. The molecule has 0 radical (unpaired) electrons. The summed E-state index contributed by atoms with van der Waals surface area (Å²) in [5.74, 6) is -1.22. The molecular weight excluding hydrogens is 312 g/mol. The van der Waals surface area contributed by atoms with Crippen LogP contribution >= 0.6 is 0 Å². The standard InChI is InChI=1S/C18H18O6/c19-15(11-23-17(21)13-7-3-1-4-8-13)16(20)12-24-18(22)14-9-5-2-6-10-14/h1-10,15-16,19-20H,11-12H2/t15-,16-/m0/s1. The van der Waals surface area contributed by atoms with Gasteiger partial charge in [0.15, 0.2) is 0 Å². The third-order valence-corrected chi connectivity index (χ3v) is 3.23. The minimum atomic E-state index is -1.36. The zero-order valence-corrected chi connectivity index (χ0v) is 12.9. The lowest BCUT2D eigenvalue weighted by molar-refractivity contribution is -0.0529. The fourth-order valence-electron chi connectivity index (χ4n) is 1.86. The Balaban J connectivity index is 1.75. The van der Waals surface area contributed by atoms with Crippen molar-refractivity contribution >= 4 is 11.9 Å². The Morgan fingerprint density at radius 2 is 1.04 bits per heavy atom. The van der Waals surface area contributed by atoms with E-state index in [2.05, 4.69) is 0 Å². The molecule has 0 heterocycles. The van der Waals surface area contributed by atoms with E-state index in [1.807, 2.05) is 0 Å². The number of aliphatic hydroxyl groups is 2. The van der Waals surface area contributed by atoms with Crippen LogP contribution in [0.5, 0.6) is 0 Å². The summed E-state index contributed by atoms with van der Waals surface area (Å²) in [5.41, 5.74) is 0.685. The van der Waals surface area contributed by atoms with E-state index in [0.29, 0.717) is 11.1 Å². The summed E-state index contributed by atoms with van der Waals surface area (Å²) < 4.78 is 9.83. The molecule has 0 fully saturated rings. The summed E-state index contributed by atoms with van der Waals surface area (Å²) in [7, 11) is 0. The predicted octanol–water partition coefficient (Wildman–Crippen LogP) is 1.42. The van der Waals surface area contributed by atoms with Gasteiger partial charge in [0.25, 0.3) is 0 Å². The maximum absolute atomic E-state index is 11.7. The number of aliphatic hydroxyl groups excluding tert-OH is 2. The van der Waals surface area contributed by atoms with Crippen LogP contribution in [0.2, 0.25) is 0 Å². The smallest absolute Gasteiger partial charge is 0.338 e. The van der Waals surface area contributed by atoms with Crippen LogP contribution in [0.3, 0.4) is 0 Å². The quantitative estimate of drug-likeness (QED) is 0.746. The molecule has 2 N–H and O–H groups in total. The lowest BCUT2D eigenvalue weighted by Gasteiger charge is -2.17. The first-order valence-electron chi connectivity index (χ1n) is 7.38. The van der Waals surface area contributed by atoms with Crippen molar-refractivity contribution < 1.29 is 29.3 Å². The summed E-state index contributed by atoms with van der Waals surface area (Å²) in [6.45, 7) is -0.810. The minimum Gasteiger partial charge on any atom is -0.459 e. The molecule has 0 saturated carbocycles. The molecule has 6 heteroatoms. The number of rotatable bonds is 7. The fourth-order valence-corrected chi connectivity index (χ4v) is 1.86. The molecule has 2 atom stereocenters. The molecule has 6 nitrogen and oxygen atoms in total. The van der Waals surface area contributed by atoms with Crippen LogP contribution in [0.25, 0.3) is 0 Å². The summed E-state index contributed by atoms with van der Waals surface area (Å²) in [6, 6.07) is 16.6. The Labute approximate surface area is 139 Å². The molecule has 0 unspecified atom stereocenters. The van der Waals surface area contributed by atoms with Gasteiger partial charge < -0.3 is 19.7 Å². The van der Waals surface area contributed by atoms with E-state index in [1.54, 1.807) is 60.7 Å². The van der Waals surface area contributed by atoms with Gasteiger partial charge in [-0.15, -0.1) is 0 Å². The molecule has 0 spiro atoms. The predicted molar refractivity (Wildman–Crippen MR) is 85.5 cm³/mol. The lowest BCUT2D eigenvalue weighted by Crippen LogP contribution is -2.35. The Morgan fingerprint density at radius 1 is 0.708 bits per heavy atom. The minimum absolute atomic E-state index is 0.342. The van der Waals surface area contributed by atoms with Crippen LogP contribution in [0, 0.1) is 0 Å². The zero-order valence-electron chi connectivity index (χ0n) is 12.9. The van der Waals surface area contributed by atoms with E-state index in [-0.39, 0.29) is 0 Å². The maximum Gasteiger partial charge on any atom is 0.338 e. The van der Waals surface area contributed by atoms with Gasteiger partial charge in [-0.3, -0.25) is 0 Å². The highest BCUT2D eigenvalue weighted by Gasteiger charge is 2.21. The van der Waals surface area contributed by atoms with Gasteiger partial charge in [0, 0.05) is 0 Å². The highest BCUT2D eigenvalue weighted by molar-refractivity contribution is 5.89. The number of esters is 2. The first-order valence-corrected chi connectivity index (χ1v) is 7.38. The molecule has 0 aliphatic heterocycles. The van der Waals surface area contributed by atoms with Crippen molar-refractivity contribution in [3.8, 4) is 0 Å². The van der Waals surface area contributed by atoms with Crippen LogP contribution in [0.15, 0.2) is 60.7 Å². The highest BCUT2D eigenvalue weighted by Crippen LogP contribution is 2.05. The molecule has 0 aliphatic carbocycles. The number of benzene rings is 2. The van der Waals surface area contributed by atoms with E-state index in [9.17, 15) is 19.8 Å². The van der Waals surface area contributed by atoms with Crippen molar-refractivity contribution in [3.63, 3.8) is 0 Å². The van der Waals surface area contributed by atoms with E-state index >= 15 is 0 Å². The Morgan fingerprint density at radius 3 is 1.38 bits per heavy atom. The van der Waals surface area contributed by atoms with Crippen LogP contribution in [-0.2, 0) is 9.47 Å². The van der Waals surface area contributed by atoms with E-state index in [1.165, 1.54) is 0 Å². The van der Waals surface area contributed by atoms with E-state index in [0.717, 1.165) is 0 Å². The average Bonchev–Trinajstić information content (AvgIpc) is 2.64.